The van der Waals surface area contributed by atoms with E-state index in [1.807, 2.05) is 6.92 Å². The smallest absolute Gasteiger partial charge is 0.181 e. The zero-order chi connectivity index (χ0) is 11.4. The Hall–Kier alpha value is -0.870. The van der Waals surface area contributed by atoms with Crippen molar-refractivity contribution < 1.29 is 4.42 Å². The lowest BCUT2D eigenvalue weighted by Gasteiger charge is -2.32. The third-order valence-electron chi connectivity index (χ3n) is 3.40. The predicted octanol–water partition coefficient (Wildman–Crippen LogP) is 1.54. The first-order chi connectivity index (χ1) is 7.79. The van der Waals surface area contributed by atoms with Gasteiger partial charge < -0.3 is 10.2 Å². The van der Waals surface area contributed by atoms with Crippen molar-refractivity contribution in [1.29, 1.82) is 0 Å². The van der Waals surface area contributed by atoms with Gasteiger partial charge in [-0.25, -0.2) is 4.98 Å². The molecule has 0 bridgehead atoms. The molecule has 1 aromatic heterocycles. The first-order valence-corrected chi connectivity index (χ1v) is 6.11. The standard InChI is InChI=1S/C12H21N3O/c1-10-12(14-9-16-10)8-15-6-2-3-11(7-15)4-5-13/h9,11H,2-8,13H2,1H3. The molecule has 16 heavy (non-hydrogen) atoms. The SMILES string of the molecule is Cc1ocnc1CN1CCCC(CCN)C1. The maximum atomic E-state index is 5.62. The summed E-state index contributed by atoms with van der Waals surface area (Å²) < 4.78 is 5.22. The molecule has 0 aromatic carbocycles. The summed E-state index contributed by atoms with van der Waals surface area (Å²) in [6.45, 7) is 6.03. The van der Waals surface area contributed by atoms with Crippen LogP contribution in [-0.2, 0) is 6.54 Å². The van der Waals surface area contributed by atoms with Crippen LogP contribution in [0.4, 0.5) is 0 Å². The van der Waals surface area contributed by atoms with Crippen LogP contribution in [0, 0.1) is 12.8 Å². The number of hydrogen-bond donors (Lipinski definition) is 1. The average molecular weight is 223 g/mol. The van der Waals surface area contributed by atoms with Crippen molar-refractivity contribution in [3.05, 3.63) is 17.8 Å². The number of piperidine rings is 1. The van der Waals surface area contributed by atoms with Crippen LogP contribution in [0.2, 0.25) is 0 Å². The first-order valence-electron chi connectivity index (χ1n) is 6.11. The normalized spacial score (nSPS) is 22.5. The molecule has 4 heteroatoms. The van der Waals surface area contributed by atoms with Crippen molar-refractivity contribution in [2.24, 2.45) is 11.7 Å². The van der Waals surface area contributed by atoms with Crippen molar-refractivity contribution in [3.8, 4) is 0 Å². The highest BCUT2D eigenvalue weighted by atomic mass is 16.3. The van der Waals surface area contributed by atoms with Crippen LogP contribution in [0.5, 0.6) is 0 Å². The molecule has 2 N–H and O–H groups in total. The van der Waals surface area contributed by atoms with Gasteiger partial charge in [0.2, 0.25) is 0 Å². The van der Waals surface area contributed by atoms with Crippen molar-refractivity contribution in [2.45, 2.75) is 32.7 Å². The van der Waals surface area contributed by atoms with Crippen molar-refractivity contribution in [3.63, 3.8) is 0 Å². The number of oxazole rings is 1. The van der Waals surface area contributed by atoms with E-state index < -0.39 is 0 Å². The molecule has 0 amide bonds. The lowest BCUT2D eigenvalue weighted by molar-refractivity contribution is 0.161. The Balaban J connectivity index is 1.88. The molecule has 1 unspecified atom stereocenters. The molecule has 0 aliphatic carbocycles. The van der Waals surface area contributed by atoms with E-state index in [2.05, 4.69) is 9.88 Å². The first kappa shape index (κ1) is 11.6. The van der Waals surface area contributed by atoms with Gasteiger partial charge in [-0.1, -0.05) is 0 Å². The van der Waals surface area contributed by atoms with E-state index in [1.54, 1.807) is 0 Å². The van der Waals surface area contributed by atoms with Crippen LogP contribution >= 0.6 is 0 Å². The molecule has 2 rings (SSSR count). The third-order valence-corrected chi connectivity index (χ3v) is 3.40. The fraction of sp³-hybridized carbons (Fsp3) is 0.750. The van der Waals surface area contributed by atoms with Gasteiger partial charge in [0, 0.05) is 13.1 Å². The Bertz CT molecular complexity index is 322. The van der Waals surface area contributed by atoms with Crippen molar-refractivity contribution in [2.75, 3.05) is 19.6 Å². The van der Waals surface area contributed by atoms with Gasteiger partial charge in [-0.3, -0.25) is 4.90 Å². The Morgan fingerprint density at radius 2 is 2.50 bits per heavy atom. The highest BCUT2D eigenvalue weighted by Gasteiger charge is 2.20. The molecule has 4 nitrogen and oxygen atoms in total. The number of aryl methyl sites for hydroxylation is 1. The number of rotatable bonds is 4. The molecule has 90 valence electrons. The van der Waals surface area contributed by atoms with Crippen molar-refractivity contribution in [1.82, 2.24) is 9.88 Å². The summed E-state index contributed by atoms with van der Waals surface area (Å²) in [5.41, 5.74) is 6.70. The molecule has 1 aliphatic heterocycles. The van der Waals surface area contributed by atoms with Gasteiger partial charge in [-0.05, 0) is 45.2 Å². The van der Waals surface area contributed by atoms with Crippen LogP contribution in [0.1, 0.15) is 30.7 Å². The van der Waals surface area contributed by atoms with Crippen LogP contribution in [0.15, 0.2) is 10.8 Å². The minimum absolute atomic E-state index is 0.769. The third kappa shape index (κ3) is 2.83. The molecule has 0 spiro atoms. The van der Waals surface area contributed by atoms with Gasteiger partial charge >= 0.3 is 0 Å². The van der Waals surface area contributed by atoms with E-state index >= 15 is 0 Å². The summed E-state index contributed by atoms with van der Waals surface area (Å²) in [7, 11) is 0. The Kier molecular flexibility index (Phi) is 3.96. The quantitative estimate of drug-likeness (QED) is 0.841. The van der Waals surface area contributed by atoms with Gasteiger partial charge in [-0.2, -0.15) is 0 Å². The maximum Gasteiger partial charge on any atom is 0.181 e. The second-order valence-corrected chi connectivity index (χ2v) is 4.68. The summed E-state index contributed by atoms with van der Waals surface area (Å²) in [5, 5.41) is 0. The van der Waals surface area contributed by atoms with Crippen LogP contribution < -0.4 is 5.73 Å². The lowest BCUT2D eigenvalue weighted by atomic mass is 9.95. The van der Waals surface area contributed by atoms with Gasteiger partial charge in [0.25, 0.3) is 0 Å². The van der Waals surface area contributed by atoms with E-state index in [0.29, 0.717) is 0 Å². The summed E-state index contributed by atoms with van der Waals surface area (Å²) in [5.74, 6) is 1.71. The minimum atomic E-state index is 0.769. The summed E-state index contributed by atoms with van der Waals surface area (Å²) in [6.07, 6.45) is 5.29. The molecule has 1 aromatic rings. The molecular weight excluding hydrogens is 202 g/mol. The molecule has 2 heterocycles. The fourth-order valence-electron chi connectivity index (χ4n) is 2.46. The van der Waals surface area contributed by atoms with E-state index in [-0.39, 0.29) is 0 Å². The highest BCUT2D eigenvalue weighted by Crippen LogP contribution is 2.21. The lowest BCUT2D eigenvalue weighted by Crippen LogP contribution is -2.35. The number of nitrogens with two attached hydrogens (primary N) is 1. The zero-order valence-corrected chi connectivity index (χ0v) is 9.98. The number of aromatic nitrogens is 1. The molecule has 0 radical (unpaired) electrons. The molecule has 1 saturated heterocycles. The summed E-state index contributed by atoms with van der Waals surface area (Å²) in [6, 6.07) is 0. The second-order valence-electron chi connectivity index (χ2n) is 4.68. The van der Waals surface area contributed by atoms with Gasteiger partial charge in [0.1, 0.15) is 5.76 Å². The predicted molar refractivity (Wildman–Crippen MR) is 62.9 cm³/mol. The maximum absolute atomic E-state index is 5.62. The Labute approximate surface area is 96.8 Å². The molecule has 0 saturated carbocycles. The van der Waals surface area contributed by atoms with Crippen LogP contribution in [0.3, 0.4) is 0 Å². The topological polar surface area (TPSA) is 55.3 Å². The van der Waals surface area contributed by atoms with Crippen LogP contribution in [0.25, 0.3) is 0 Å². The average Bonchev–Trinajstić information content (AvgIpc) is 2.66. The van der Waals surface area contributed by atoms with E-state index in [4.69, 9.17) is 10.2 Å². The highest BCUT2D eigenvalue weighted by molar-refractivity contribution is 5.04. The molecule has 1 fully saturated rings. The van der Waals surface area contributed by atoms with Crippen LogP contribution in [-0.4, -0.2) is 29.5 Å². The van der Waals surface area contributed by atoms with Gasteiger partial charge in [0.05, 0.1) is 5.69 Å². The number of hydrogen-bond acceptors (Lipinski definition) is 4. The molecule has 1 atom stereocenters. The van der Waals surface area contributed by atoms with Crippen molar-refractivity contribution >= 4 is 0 Å². The fourth-order valence-corrected chi connectivity index (χ4v) is 2.46. The largest absolute Gasteiger partial charge is 0.448 e. The van der Waals surface area contributed by atoms with Gasteiger partial charge in [-0.15, -0.1) is 0 Å². The monoisotopic (exact) mass is 223 g/mol. The summed E-state index contributed by atoms with van der Waals surface area (Å²) in [4.78, 5) is 6.71. The number of nitrogens with zero attached hydrogens (tertiary/aromatic N) is 2. The van der Waals surface area contributed by atoms with Gasteiger partial charge in [0.15, 0.2) is 6.39 Å². The van der Waals surface area contributed by atoms with E-state index in [0.717, 1.165) is 43.4 Å². The Morgan fingerprint density at radius 3 is 3.19 bits per heavy atom. The second kappa shape index (κ2) is 5.46. The van der Waals surface area contributed by atoms with E-state index in [1.165, 1.54) is 25.8 Å². The zero-order valence-electron chi connectivity index (χ0n) is 9.98. The number of likely N-dealkylation sites (tertiary alicyclic amines) is 1. The minimum Gasteiger partial charge on any atom is -0.448 e. The van der Waals surface area contributed by atoms with E-state index in [9.17, 15) is 0 Å². The Morgan fingerprint density at radius 1 is 1.62 bits per heavy atom. The molecular formula is C12H21N3O. The molecule has 1 aliphatic rings. The summed E-state index contributed by atoms with van der Waals surface area (Å²) >= 11 is 0.